The minimum absolute atomic E-state index is 0.149. The van der Waals surface area contributed by atoms with Crippen LogP contribution in [0.2, 0.25) is 0 Å². The number of anilines is 1. The van der Waals surface area contributed by atoms with Crippen LogP contribution in [0.3, 0.4) is 0 Å². The zero-order valence-corrected chi connectivity index (χ0v) is 16.8. The van der Waals surface area contributed by atoms with Crippen LogP contribution < -0.4 is 4.90 Å². The highest BCUT2D eigenvalue weighted by Gasteiger charge is 2.30. The molecule has 1 amide bonds. The van der Waals surface area contributed by atoms with Gasteiger partial charge in [0, 0.05) is 31.9 Å². The number of carbonyl (C=O) groups excluding carboxylic acids is 1. The van der Waals surface area contributed by atoms with E-state index in [-0.39, 0.29) is 18.1 Å². The van der Waals surface area contributed by atoms with Crippen LogP contribution >= 0.6 is 11.8 Å². The predicted octanol–water partition coefficient (Wildman–Crippen LogP) is 3.61. The molecule has 0 radical (unpaired) electrons. The van der Waals surface area contributed by atoms with Crippen LogP contribution in [0, 0.1) is 0 Å². The van der Waals surface area contributed by atoms with E-state index < -0.39 is 0 Å². The summed E-state index contributed by atoms with van der Waals surface area (Å²) in [5.74, 6) is -0.149. The van der Waals surface area contributed by atoms with Crippen LogP contribution in [0.4, 0.5) is 5.69 Å². The summed E-state index contributed by atoms with van der Waals surface area (Å²) in [6, 6.07) is 8.34. The molecule has 26 heavy (non-hydrogen) atoms. The van der Waals surface area contributed by atoms with Crippen molar-refractivity contribution in [1.82, 2.24) is 4.90 Å². The largest absolute Gasteiger partial charge is 0.372 e. The van der Waals surface area contributed by atoms with Crippen LogP contribution in [0.25, 0.3) is 6.08 Å². The summed E-state index contributed by atoms with van der Waals surface area (Å²) in [5, 5.41) is 0.794. The molecule has 1 saturated heterocycles. The van der Waals surface area contributed by atoms with Gasteiger partial charge in [-0.2, -0.15) is 4.99 Å². The molecule has 140 valence electrons. The maximum atomic E-state index is 12.3. The van der Waals surface area contributed by atoms with Gasteiger partial charge in [-0.1, -0.05) is 12.1 Å². The smallest absolute Gasteiger partial charge is 0.286 e. The average Bonchev–Trinajstić information content (AvgIpc) is 2.97. The Labute approximate surface area is 160 Å². The molecule has 0 unspecified atom stereocenters. The number of nitrogens with zero attached hydrogens (tertiary/aromatic N) is 3. The second-order valence-corrected chi connectivity index (χ2v) is 7.75. The third kappa shape index (κ3) is 4.30. The number of hydrogen-bond acceptors (Lipinski definition) is 5. The van der Waals surface area contributed by atoms with Crippen LogP contribution in [0.15, 0.2) is 34.2 Å². The quantitative estimate of drug-likeness (QED) is 0.755. The molecule has 1 fully saturated rings. The maximum Gasteiger partial charge on any atom is 0.286 e. The molecule has 3 rings (SSSR count). The van der Waals surface area contributed by atoms with Crippen molar-refractivity contribution in [2.24, 2.45) is 4.99 Å². The summed E-state index contributed by atoms with van der Waals surface area (Å²) in [5.41, 5.74) is 2.23. The van der Waals surface area contributed by atoms with Crippen LogP contribution in [0.1, 0.15) is 33.3 Å². The number of thioether (sulfide) groups is 1. The van der Waals surface area contributed by atoms with Crippen molar-refractivity contribution in [2.45, 2.75) is 39.9 Å². The molecule has 0 spiro atoms. The summed E-state index contributed by atoms with van der Waals surface area (Å²) < 4.78 is 5.76. The lowest BCUT2D eigenvalue weighted by molar-refractivity contribution is -0.113. The van der Waals surface area contributed by atoms with Gasteiger partial charge in [-0.3, -0.25) is 4.79 Å². The molecule has 1 aromatic rings. The van der Waals surface area contributed by atoms with Crippen molar-refractivity contribution in [2.75, 3.05) is 31.1 Å². The minimum Gasteiger partial charge on any atom is -0.372 e. The van der Waals surface area contributed by atoms with E-state index in [1.54, 1.807) is 0 Å². The number of carbonyl (C=O) groups is 1. The van der Waals surface area contributed by atoms with E-state index in [2.05, 4.69) is 66.8 Å². The second-order valence-electron chi connectivity index (χ2n) is 6.74. The topological polar surface area (TPSA) is 45.1 Å². The van der Waals surface area contributed by atoms with Crippen molar-refractivity contribution in [3.63, 3.8) is 0 Å². The summed E-state index contributed by atoms with van der Waals surface area (Å²) in [4.78, 5) is 21.7. The fourth-order valence-electron chi connectivity index (χ4n) is 3.39. The molecule has 2 aliphatic heterocycles. The Morgan fingerprint density at radius 1 is 1.19 bits per heavy atom. The highest BCUT2D eigenvalue weighted by atomic mass is 32.2. The van der Waals surface area contributed by atoms with Crippen molar-refractivity contribution in [3.05, 3.63) is 34.7 Å². The molecule has 1 aromatic carbocycles. The molecule has 2 atom stereocenters. The lowest BCUT2D eigenvalue weighted by Crippen LogP contribution is -2.47. The second kappa shape index (κ2) is 8.27. The van der Waals surface area contributed by atoms with Gasteiger partial charge in [0.05, 0.1) is 17.1 Å². The van der Waals surface area contributed by atoms with E-state index in [4.69, 9.17) is 4.74 Å². The van der Waals surface area contributed by atoms with Crippen molar-refractivity contribution >= 4 is 34.6 Å². The standard InChI is InChI=1S/C20H27N3O2S/c1-5-22(6-2)17-9-7-16(8-10-17)11-18-19(24)21-20(26-18)23-12-14(3)25-15(4)13-23/h7-11,14-15H,5-6,12-13H2,1-4H3/b18-11-/t14-,15+. The van der Waals surface area contributed by atoms with Gasteiger partial charge in [0.1, 0.15) is 0 Å². The normalized spacial score (nSPS) is 24.9. The van der Waals surface area contributed by atoms with Gasteiger partial charge in [-0.15, -0.1) is 0 Å². The number of hydrogen-bond donors (Lipinski definition) is 0. The lowest BCUT2D eigenvalue weighted by Gasteiger charge is -2.35. The Balaban J connectivity index is 1.70. The first-order chi connectivity index (χ1) is 12.5. The molecule has 0 bridgehead atoms. The van der Waals surface area contributed by atoms with Gasteiger partial charge in [0.25, 0.3) is 5.91 Å². The third-order valence-electron chi connectivity index (χ3n) is 4.62. The first-order valence-electron chi connectivity index (χ1n) is 9.28. The first-order valence-corrected chi connectivity index (χ1v) is 10.1. The molecule has 2 heterocycles. The molecule has 6 heteroatoms. The number of amides is 1. The van der Waals surface area contributed by atoms with Gasteiger partial charge >= 0.3 is 0 Å². The van der Waals surface area contributed by atoms with E-state index in [0.717, 1.165) is 36.9 Å². The van der Waals surface area contributed by atoms with Crippen molar-refractivity contribution in [3.8, 4) is 0 Å². The fraction of sp³-hybridized carbons (Fsp3) is 0.500. The third-order valence-corrected chi connectivity index (χ3v) is 5.66. The van der Waals surface area contributed by atoms with Crippen LogP contribution in [-0.4, -0.2) is 54.4 Å². The van der Waals surface area contributed by atoms with E-state index in [1.807, 2.05) is 6.08 Å². The Hall–Kier alpha value is -1.79. The highest BCUT2D eigenvalue weighted by molar-refractivity contribution is 8.18. The predicted molar refractivity (Wildman–Crippen MR) is 110 cm³/mol. The molecule has 0 aromatic heterocycles. The monoisotopic (exact) mass is 373 g/mol. The van der Waals surface area contributed by atoms with E-state index >= 15 is 0 Å². The minimum atomic E-state index is -0.149. The van der Waals surface area contributed by atoms with Crippen LogP contribution in [-0.2, 0) is 9.53 Å². The zero-order valence-electron chi connectivity index (χ0n) is 15.9. The number of benzene rings is 1. The lowest BCUT2D eigenvalue weighted by atomic mass is 10.2. The van der Waals surface area contributed by atoms with E-state index in [1.165, 1.54) is 17.4 Å². The summed E-state index contributed by atoms with van der Waals surface area (Å²) in [6.45, 7) is 11.9. The summed E-state index contributed by atoms with van der Waals surface area (Å²) >= 11 is 1.47. The van der Waals surface area contributed by atoms with Gasteiger partial charge < -0.3 is 14.5 Å². The Morgan fingerprint density at radius 2 is 1.81 bits per heavy atom. The SMILES string of the molecule is CCN(CC)c1ccc(/C=C2\SC(N3C[C@@H](C)O[C@@H](C)C3)=NC2=O)cc1. The van der Waals surface area contributed by atoms with Gasteiger partial charge in [-0.25, -0.2) is 0 Å². The van der Waals surface area contributed by atoms with Gasteiger partial charge in [-0.05, 0) is 63.2 Å². The number of amidine groups is 1. The summed E-state index contributed by atoms with van der Waals surface area (Å²) in [7, 11) is 0. The van der Waals surface area contributed by atoms with Gasteiger partial charge in [0.15, 0.2) is 5.17 Å². The fourth-order valence-corrected chi connectivity index (χ4v) is 4.32. The molecule has 0 aliphatic carbocycles. The number of aliphatic imine (C=N–C) groups is 1. The Bertz CT molecular complexity index is 700. The molecule has 0 saturated carbocycles. The molecular formula is C20H27N3O2S. The molecule has 2 aliphatic rings. The van der Waals surface area contributed by atoms with Gasteiger partial charge in [0.2, 0.25) is 0 Å². The highest BCUT2D eigenvalue weighted by Crippen LogP contribution is 2.31. The zero-order chi connectivity index (χ0) is 18.7. The maximum absolute atomic E-state index is 12.3. The van der Waals surface area contributed by atoms with Crippen molar-refractivity contribution < 1.29 is 9.53 Å². The number of morpholine rings is 1. The molecule has 0 N–H and O–H groups in total. The Morgan fingerprint density at radius 3 is 2.38 bits per heavy atom. The molecular weight excluding hydrogens is 346 g/mol. The summed E-state index contributed by atoms with van der Waals surface area (Å²) in [6.07, 6.45) is 2.23. The van der Waals surface area contributed by atoms with E-state index in [0.29, 0.717) is 4.91 Å². The number of ether oxygens (including phenoxy) is 1. The molecule has 5 nitrogen and oxygen atoms in total. The van der Waals surface area contributed by atoms with Crippen molar-refractivity contribution in [1.29, 1.82) is 0 Å². The van der Waals surface area contributed by atoms with E-state index in [9.17, 15) is 4.79 Å². The first kappa shape index (κ1) is 19.0. The Kier molecular flexibility index (Phi) is 6.04. The number of rotatable bonds is 4. The average molecular weight is 374 g/mol. The van der Waals surface area contributed by atoms with Crippen LogP contribution in [0.5, 0.6) is 0 Å².